The highest BCUT2D eigenvalue weighted by Crippen LogP contribution is 2.33. The zero-order valence-electron chi connectivity index (χ0n) is 13.6. The number of hydrogen-bond donors (Lipinski definition) is 2. The van der Waals surface area contributed by atoms with Crippen LogP contribution in [0.4, 0.5) is 0 Å². The van der Waals surface area contributed by atoms with Gasteiger partial charge >= 0.3 is 11.9 Å². The molecule has 0 saturated carbocycles. The lowest BCUT2D eigenvalue weighted by molar-refractivity contribution is -0.165. The highest BCUT2D eigenvalue weighted by atomic mass is 16.6. The Morgan fingerprint density at radius 3 is 2.30 bits per heavy atom. The van der Waals surface area contributed by atoms with E-state index in [4.69, 9.17) is 15.2 Å². The van der Waals surface area contributed by atoms with Crippen molar-refractivity contribution in [3.05, 3.63) is 36.0 Å². The van der Waals surface area contributed by atoms with E-state index < -0.39 is 23.4 Å². The van der Waals surface area contributed by atoms with Gasteiger partial charge in [-0.3, -0.25) is 0 Å². The molecule has 1 unspecified atom stereocenters. The molecule has 1 aromatic carbocycles. The van der Waals surface area contributed by atoms with Gasteiger partial charge in [0.05, 0.1) is 13.2 Å². The Morgan fingerprint density at radius 2 is 1.74 bits per heavy atom. The van der Waals surface area contributed by atoms with Crippen molar-refractivity contribution in [2.75, 3.05) is 13.2 Å². The van der Waals surface area contributed by atoms with Gasteiger partial charge in [-0.05, 0) is 25.5 Å². The summed E-state index contributed by atoms with van der Waals surface area (Å²) < 4.78 is 10.1. The minimum absolute atomic E-state index is 0.137. The van der Waals surface area contributed by atoms with E-state index in [0.717, 1.165) is 16.5 Å². The van der Waals surface area contributed by atoms with E-state index >= 15 is 0 Å². The molecule has 0 spiro atoms. The van der Waals surface area contributed by atoms with Gasteiger partial charge in [0.2, 0.25) is 5.54 Å². The minimum atomic E-state index is -1.89. The summed E-state index contributed by atoms with van der Waals surface area (Å²) in [4.78, 5) is 27.9. The van der Waals surface area contributed by atoms with Gasteiger partial charge in [-0.15, -0.1) is 0 Å². The summed E-state index contributed by atoms with van der Waals surface area (Å²) in [7, 11) is 0. The molecule has 0 saturated heterocycles. The molecule has 1 aromatic heterocycles. The van der Waals surface area contributed by atoms with E-state index in [2.05, 4.69) is 4.98 Å². The monoisotopic (exact) mass is 318 g/mol. The van der Waals surface area contributed by atoms with Crippen molar-refractivity contribution in [1.29, 1.82) is 0 Å². The number of H-pyrrole nitrogens is 1. The van der Waals surface area contributed by atoms with Crippen molar-refractivity contribution in [3.63, 3.8) is 0 Å². The molecule has 0 fully saturated rings. The number of carbonyl (C=O) groups excluding carboxylic acids is 2. The predicted molar refractivity (Wildman–Crippen MR) is 86.9 cm³/mol. The third kappa shape index (κ3) is 2.94. The first-order valence-corrected chi connectivity index (χ1v) is 7.66. The van der Waals surface area contributed by atoms with Crippen LogP contribution >= 0.6 is 0 Å². The van der Waals surface area contributed by atoms with Crippen molar-refractivity contribution in [1.82, 2.24) is 4.98 Å². The Hall–Kier alpha value is -2.34. The molecule has 0 aliphatic carbocycles. The number of carbonyl (C=O) groups is 2. The number of hydrogen-bond acceptors (Lipinski definition) is 5. The summed E-state index contributed by atoms with van der Waals surface area (Å²) >= 11 is 0. The van der Waals surface area contributed by atoms with Gasteiger partial charge in [0.15, 0.2) is 0 Å². The van der Waals surface area contributed by atoms with Crippen LogP contribution in [-0.2, 0) is 19.1 Å². The fourth-order valence-electron chi connectivity index (χ4n) is 2.64. The summed E-state index contributed by atoms with van der Waals surface area (Å²) in [5, 5.41) is 0.906. The number of esters is 2. The molecule has 0 amide bonds. The molecule has 0 aliphatic heterocycles. The van der Waals surface area contributed by atoms with Gasteiger partial charge in [-0.2, -0.15) is 0 Å². The first-order valence-electron chi connectivity index (χ1n) is 7.66. The molecular formula is C17H22N2O4. The lowest BCUT2D eigenvalue weighted by atomic mass is 9.81. The number of rotatable bonds is 6. The number of benzene rings is 1. The Balaban J connectivity index is 2.49. The van der Waals surface area contributed by atoms with Crippen molar-refractivity contribution in [3.8, 4) is 0 Å². The summed E-state index contributed by atoms with van der Waals surface area (Å²) in [6.07, 6.45) is 1.76. The highest BCUT2D eigenvalue weighted by molar-refractivity contribution is 6.06. The quantitative estimate of drug-likeness (QED) is 0.628. The molecule has 0 bridgehead atoms. The predicted octanol–water partition coefficient (Wildman–Crippen LogP) is 2.10. The Kier molecular flexibility index (Phi) is 5.05. The van der Waals surface area contributed by atoms with Crippen LogP contribution in [-0.4, -0.2) is 35.7 Å². The third-order valence-corrected chi connectivity index (χ3v) is 4.00. The molecule has 1 heterocycles. The van der Waals surface area contributed by atoms with Crippen LogP contribution in [0.3, 0.4) is 0 Å². The van der Waals surface area contributed by atoms with Crippen LogP contribution in [0.5, 0.6) is 0 Å². The van der Waals surface area contributed by atoms with E-state index in [1.807, 2.05) is 24.3 Å². The first kappa shape index (κ1) is 17.0. The highest BCUT2D eigenvalue weighted by Gasteiger charge is 2.51. The molecule has 2 aromatic rings. The standard InChI is InChI=1S/C17H22N2O4/c1-4-22-15(20)17(18,16(21)23-5-2)11(3)13-10-19-14-9-7-6-8-12(13)14/h6-11,19H,4-5,18H2,1-3H3. The van der Waals surface area contributed by atoms with E-state index in [0.29, 0.717) is 0 Å². The maximum Gasteiger partial charge on any atom is 0.338 e. The van der Waals surface area contributed by atoms with Gasteiger partial charge in [0.25, 0.3) is 0 Å². The summed E-state index contributed by atoms with van der Waals surface area (Å²) in [5.41, 5.74) is 6.00. The molecule has 23 heavy (non-hydrogen) atoms. The summed E-state index contributed by atoms with van der Waals surface area (Å²) in [6.45, 7) is 5.33. The lowest BCUT2D eigenvalue weighted by Crippen LogP contribution is -2.60. The fourth-order valence-corrected chi connectivity index (χ4v) is 2.64. The second-order valence-corrected chi connectivity index (χ2v) is 5.32. The fraction of sp³-hybridized carbons (Fsp3) is 0.412. The second kappa shape index (κ2) is 6.83. The SMILES string of the molecule is CCOC(=O)C(N)(C(=O)OCC)C(C)c1c[nH]c2ccccc12. The maximum atomic E-state index is 12.4. The van der Waals surface area contributed by atoms with Gasteiger partial charge in [-0.1, -0.05) is 25.1 Å². The molecule has 0 radical (unpaired) electrons. The summed E-state index contributed by atoms with van der Waals surface area (Å²) in [6, 6.07) is 7.62. The zero-order chi connectivity index (χ0) is 17.0. The van der Waals surface area contributed by atoms with E-state index in [1.165, 1.54) is 0 Å². The molecule has 3 N–H and O–H groups in total. The van der Waals surface area contributed by atoms with Crippen LogP contribution in [0, 0.1) is 0 Å². The first-order chi connectivity index (χ1) is 11.0. The van der Waals surface area contributed by atoms with Crippen molar-refractivity contribution >= 4 is 22.8 Å². The number of nitrogens with one attached hydrogen (secondary N) is 1. The zero-order valence-corrected chi connectivity index (χ0v) is 13.6. The van der Waals surface area contributed by atoms with Crippen molar-refractivity contribution < 1.29 is 19.1 Å². The Bertz CT molecular complexity index is 689. The molecule has 2 rings (SSSR count). The van der Waals surface area contributed by atoms with Gasteiger partial charge < -0.3 is 20.2 Å². The molecule has 6 nitrogen and oxygen atoms in total. The molecule has 6 heteroatoms. The summed E-state index contributed by atoms with van der Waals surface area (Å²) in [5.74, 6) is -2.18. The maximum absolute atomic E-state index is 12.4. The largest absolute Gasteiger partial charge is 0.464 e. The van der Waals surface area contributed by atoms with Crippen molar-refractivity contribution in [2.45, 2.75) is 32.2 Å². The lowest BCUT2D eigenvalue weighted by Gasteiger charge is -2.30. The number of ether oxygens (including phenoxy) is 2. The number of para-hydroxylation sites is 1. The Labute approximate surface area is 134 Å². The van der Waals surface area contributed by atoms with E-state index in [-0.39, 0.29) is 13.2 Å². The van der Waals surface area contributed by atoms with E-state index in [9.17, 15) is 9.59 Å². The number of nitrogens with two attached hydrogens (primary N) is 1. The second-order valence-electron chi connectivity index (χ2n) is 5.32. The van der Waals surface area contributed by atoms with Gasteiger partial charge in [0.1, 0.15) is 0 Å². The smallest absolute Gasteiger partial charge is 0.338 e. The molecule has 1 atom stereocenters. The van der Waals surface area contributed by atoms with Crippen LogP contribution in [0.2, 0.25) is 0 Å². The van der Waals surface area contributed by atoms with Crippen LogP contribution < -0.4 is 5.73 Å². The Morgan fingerprint density at radius 1 is 1.17 bits per heavy atom. The molecule has 124 valence electrons. The van der Waals surface area contributed by atoms with Gasteiger partial charge in [-0.25, -0.2) is 9.59 Å². The average molecular weight is 318 g/mol. The number of aromatic amines is 1. The van der Waals surface area contributed by atoms with Crippen molar-refractivity contribution in [2.24, 2.45) is 5.73 Å². The average Bonchev–Trinajstić information content (AvgIpc) is 2.97. The minimum Gasteiger partial charge on any atom is -0.464 e. The van der Waals surface area contributed by atoms with E-state index in [1.54, 1.807) is 27.0 Å². The number of fused-ring (bicyclic) bond motifs is 1. The molecular weight excluding hydrogens is 296 g/mol. The molecule has 0 aliphatic rings. The van der Waals surface area contributed by atoms with Gasteiger partial charge in [0, 0.05) is 23.0 Å². The topological polar surface area (TPSA) is 94.4 Å². The van der Waals surface area contributed by atoms with Crippen LogP contribution in [0.25, 0.3) is 10.9 Å². The van der Waals surface area contributed by atoms with Crippen LogP contribution in [0.1, 0.15) is 32.3 Å². The van der Waals surface area contributed by atoms with Crippen LogP contribution in [0.15, 0.2) is 30.5 Å². The third-order valence-electron chi connectivity index (χ3n) is 4.00. The normalized spacial score (nSPS) is 12.9. The number of aromatic nitrogens is 1.